The SMILES string of the molecule is CC(C)C(C)(O)CN1CCOC(C#N)C1. The number of morpholine rings is 1. The van der Waals surface area contributed by atoms with Crippen molar-refractivity contribution in [2.75, 3.05) is 26.2 Å². The Bertz CT molecular complexity index is 245. The van der Waals surface area contributed by atoms with E-state index in [9.17, 15) is 5.11 Å². The molecule has 1 saturated heterocycles. The molecule has 0 aliphatic carbocycles. The fourth-order valence-electron chi connectivity index (χ4n) is 1.56. The lowest BCUT2D eigenvalue weighted by Crippen LogP contribution is -2.50. The Morgan fingerprint density at radius 3 is 2.87 bits per heavy atom. The van der Waals surface area contributed by atoms with Gasteiger partial charge >= 0.3 is 0 Å². The molecule has 1 aliphatic rings. The maximum Gasteiger partial charge on any atom is 0.156 e. The van der Waals surface area contributed by atoms with Gasteiger partial charge in [0.1, 0.15) is 0 Å². The van der Waals surface area contributed by atoms with Gasteiger partial charge in [-0.1, -0.05) is 13.8 Å². The highest BCUT2D eigenvalue weighted by Gasteiger charge is 2.30. The van der Waals surface area contributed by atoms with Crippen LogP contribution in [0.2, 0.25) is 0 Å². The van der Waals surface area contributed by atoms with Gasteiger partial charge in [-0.25, -0.2) is 0 Å². The van der Waals surface area contributed by atoms with Crippen LogP contribution in [-0.2, 0) is 4.74 Å². The van der Waals surface area contributed by atoms with E-state index in [0.717, 1.165) is 6.54 Å². The van der Waals surface area contributed by atoms with Crippen molar-refractivity contribution in [2.45, 2.75) is 32.5 Å². The van der Waals surface area contributed by atoms with Crippen LogP contribution in [-0.4, -0.2) is 48.0 Å². The van der Waals surface area contributed by atoms with Crippen LogP contribution in [0.3, 0.4) is 0 Å². The molecule has 0 bridgehead atoms. The summed E-state index contributed by atoms with van der Waals surface area (Å²) in [6.45, 7) is 8.41. The number of nitriles is 1. The van der Waals surface area contributed by atoms with Crippen molar-refractivity contribution < 1.29 is 9.84 Å². The molecule has 1 heterocycles. The van der Waals surface area contributed by atoms with Crippen LogP contribution in [0.4, 0.5) is 0 Å². The number of rotatable bonds is 3. The first-order chi connectivity index (χ1) is 6.95. The molecule has 0 saturated carbocycles. The minimum atomic E-state index is -0.697. The number of hydrogen-bond donors (Lipinski definition) is 1. The fourth-order valence-corrected chi connectivity index (χ4v) is 1.56. The van der Waals surface area contributed by atoms with E-state index in [1.165, 1.54) is 0 Å². The molecular weight excluding hydrogens is 192 g/mol. The van der Waals surface area contributed by atoms with Crippen molar-refractivity contribution in [3.05, 3.63) is 0 Å². The first-order valence-electron chi connectivity index (χ1n) is 5.41. The van der Waals surface area contributed by atoms with Gasteiger partial charge in [-0.05, 0) is 12.8 Å². The van der Waals surface area contributed by atoms with Gasteiger partial charge in [-0.3, -0.25) is 4.90 Å². The fraction of sp³-hybridized carbons (Fsp3) is 0.909. The van der Waals surface area contributed by atoms with Crippen molar-refractivity contribution in [2.24, 2.45) is 5.92 Å². The van der Waals surface area contributed by atoms with Crippen LogP contribution in [0.15, 0.2) is 0 Å². The second kappa shape index (κ2) is 4.93. The second-order valence-corrected chi connectivity index (χ2v) is 4.74. The zero-order valence-electron chi connectivity index (χ0n) is 9.73. The molecule has 2 atom stereocenters. The molecule has 0 aromatic carbocycles. The highest BCUT2D eigenvalue weighted by atomic mass is 16.5. The number of aliphatic hydroxyl groups is 1. The molecule has 1 aliphatic heterocycles. The number of ether oxygens (including phenoxy) is 1. The monoisotopic (exact) mass is 212 g/mol. The molecule has 4 nitrogen and oxygen atoms in total. The predicted molar refractivity (Wildman–Crippen MR) is 57.3 cm³/mol. The summed E-state index contributed by atoms with van der Waals surface area (Å²) in [5.41, 5.74) is -0.697. The standard InChI is InChI=1S/C11H20N2O2/c1-9(2)11(3,14)8-13-4-5-15-10(6-12)7-13/h9-10,14H,4-5,7-8H2,1-3H3. The van der Waals surface area contributed by atoms with Crippen molar-refractivity contribution >= 4 is 0 Å². The van der Waals surface area contributed by atoms with Crippen LogP contribution in [0.1, 0.15) is 20.8 Å². The lowest BCUT2D eigenvalue weighted by atomic mass is 9.92. The zero-order chi connectivity index (χ0) is 11.5. The van der Waals surface area contributed by atoms with Gasteiger partial charge in [0.25, 0.3) is 0 Å². The molecule has 86 valence electrons. The molecule has 0 spiro atoms. The molecule has 15 heavy (non-hydrogen) atoms. The van der Waals surface area contributed by atoms with Gasteiger partial charge in [-0.2, -0.15) is 5.26 Å². The van der Waals surface area contributed by atoms with Crippen molar-refractivity contribution in [3.8, 4) is 6.07 Å². The van der Waals surface area contributed by atoms with Crippen LogP contribution in [0.5, 0.6) is 0 Å². The number of β-amino-alcohol motifs (C(OH)–C–C–N with tert-alkyl or cyclic N) is 1. The van der Waals surface area contributed by atoms with Gasteiger partial charge in [-0.15, -0.1) is 0 Å². The normalized spacial score (nSPS) is 27.3. The molecule has 0 aromatic rings. The van der Waals surface area contributed by atoms with Gasteiger partial charge in [0.2, 0.25) is 0 Å². The Kier molecular flexibility index (Phi) is 4.09. The molecule has 1 fully saturated rings. The Balaban J connectivity index is 2.48. The average Bonchev–Trinajstić information content (AvgIpc) is 2.17. The summed E-state index contributed by atoms with van der Waals surface area (Å²) in [6, 6.07) is 2.10. The van der Waals surface area contributed by atoms with E-state index in [2.05, 4.69) is 11.0 Å². The molecule has 1 rings (SSSR count). The number of nitrogens with zero attached hydrogens (tertiary/aromatic N) is 2. The third-order valence-corrected chi connectivity index (χ3v) is 3.08. The first kappa shape index (κ1) is 12.4. The minimum absolute atomic E-state index is 0.209. The van der Waals surface area contributed by atoms with Crippen LogP contribution < -0.4 is 0 Å². The summed E-state index contributed by atoms with van der Waals surface area (Å²) in [4.78, 5) is 2.09. The largest absolute Gasteiger partial charge is 0.389 e. The first-order valence-corrected chi connectivity index (χ1v) is 5.41. The summed E-state index contributed by atoms with van der Waals surface area (Å²) in [6.07, 6.45) is -0.346. The highest BCUT2D eigenvalue weighted by molar-refractivity contribution is 4.91. The molecule has 0 amide bonds. The van der Waals surface area contributed by atoms with Gasteiger partial charge in [0.05, 0.1) is 18.3 Å². The predicted octanol–water partition coefficient (Wildman–Crippen LogP) is 0.618. The third kappa shape index (κ3) is 3.45. The Hall–Kier alpha value is -0.630. The van der Waals surface area contributed by atoms with Crippen molar-refractivity contribution in [1.29, 1.82) is 5.26 Å². The van der Waals surface area contributed by atoms with Crippen molar-refractivity contribution in [3.63, 3.8) is 0 Å². The summed E-state index contributed by atoms with van der Waals surface area (Å²) in [7, 11) is 0. The summed E-state index contributed by atoms with van der Waals surface area (Å²) in [5.74, 6) is 0.209. The molecule has 4 heteroatoms. The van der Waals surface area contributed by atoms with E-state index >= 15 is 0 Å². The van der Waals surface area contributed by atoms with Gasteiger partial charge < -0.3 is 9.84 Å². The van der Waals surface area contributed by atoms with Crippen molar-refractivity contribution in [1.82, 2.24) is 4.90 Å². The number of hydrogen-bond acceptors (Lipinski definition) is 4. The summed E-state index contributed by atoms with van der Waals surface area (Å²) in [5, 5.41) is 18.9. The lowest BCUT2D eigenvalue weighted by molar-refractivity contribution is -0.0591. The Morgan fingerprint density at radius 1 is 1.67 bits per heavy atom. The molecule has 0 aromatic heterocycles. The summed E-state index contributed by atoms with van der Waals surface area (Å²) >= 11 is 0. The van der Waals surface area contributed by atoms with E-state index in [-0.39, 0.29) is 12.0 Å². The van der Waals surface area contributed by atoms with Crippen LogP contribution >= 0.6 is 0 Å². The van der Waals surface area contributed by atoms with E-state index in [4.69, 9.17) is 10.00 Å². The minimum Gasteiger partial charge on any atom is -0.389 e. The Labute approximate surface area is 91.4 Å². The van der Waals surface area contributed by atoms with Gasteiger partial charge in [0, 0.05) is 19.6 Å². The van der Waals surface area contributed by atoms with E-state index in [1.54, 1.807) is 0 Å². The second-order valence-electron chi connectivity index (χ2n) is 4.74. The summed E-state index contributed by atoms with van der Waals surface area (Å²) < 4.78 is 5.25. The Morgan fingerprint density at radius 2 is 2.33 bits per heavy atom. The van der Waals surface area contributed by atoms with Gasteiger partial charge in [0.15, 0.2) is 6.10 Å². The quantitative estimate of drug-likeness (QED) is 0.745. The topological polar surface area (TPSA) is 56.5 Å². The van der Waals surface area contributed by atoms with E-state index < -0.39 is 5.60 Å². The highest BCUT2D eigenvalue weighted by Crippen LogP contribution is 2.18. The smallest absolute Gasteiger partial charge is 0.156 e. The van der Waals surface area contributed by atoms with Crippen LogP contribution in [0, 0.1) is 17.2 Å². The molecule has 1 N–H and O–H groups in total. The zero-order valence-corrected chi connectivity index (χ0v) is 9.73. The maximum atomic E-state index is 10.1. The third-order valence-electron chi connectivity index (χ3n) is 3.08. The molecule has 2 unspecified atom stereocenters. The lowest BCUT2D eigenvalue weighted by Gasteiger charge is -2.37. The van der Waals surface area contributed by atoms with E-state index in [1.807, 2.05) is 20.8 Å². The maximum absolute atomic E-state index is 10.1. The van der Waals surface area contributed by atoms with E-state index in [0.29, 0.717) is 19.7 Å². The molecule has 0 radical (unpaired) electrons. The molecular formula is C11H20N2O2. The average molecular weight is 212 g/mol. The van der Waals surface area contributed by atoms with Crippen LogP contribution in [0.25, 0.3) is 0 Å².